The fourth-order valence-corrected chi connectivity index (χ4v) is 2.92. The first-order valence-corrected chi connectivity index (χ1v) is 8.30. The molecule has 0 aromatic heterocycles. The highest BCUT2D eigenvalue weighted by Gasteiger charge is 2.34. The van der Waals surface area contributed by atoms with Crippen LogP contribution in [0.25, 0.3) is 0 Å². The molecule has 0 radical (unpaired) electrons. The number of alkyl halides is 3. The van der Waals surface area contributed by atoms with Crippen molar-refractivity contribution in [2.75, 3.05) is 33.9 Å². The topological polar surface area (TPSA) is 79.9 Å². The van der Waals surface area contributed by atoms with Crippen LogP contribution < -0.4 is 20.1 Å². The number of benzene rings is 1. The lowest BCUT2D eigenvalue weighted by Gasteiger charge is -2.35. The molecule has 0 spiro atoms. The molecule has 1 aliphatic heterocycles. The number of halogens is 3. The van der Waals surface area contributed by atoms with Gasteiger partial charge < -0.3 is 20.1 Å². The molecule has 27 heavy (non-hydrogen) atoms. The Morgan fingerprint density at radius 3 is 2.70 bits per heavy atom. The zero-order valence-corrected chi connectivity index (χ0v) is 15.1. The number of hydrogen-bond acceptors (Lipinski definition) is 5. The summed E-state index contributed by atoms with van der Waals surface area (Å²) in [6, 6.07) is 4.43. The van der Waals surface area contributed by atoms with Crippen LogP contribution in [0.1, 0.15) is 12.0 Å². The monoisotopic (exact) mass is 389 g/mol. The summed E-state index contributed by atoms with van der Waals surface area (Å²) in [6.07, 6.45) is -4.87. The number of methoxy groups -OCH3 is 2. The Kier molecular flexibility index (Phi) is 6.89. The van der Waals surface area contributed by atoms with Crippen LogP contribution in [-0.4, -0.2) is 62.8 Å². The van der Waals surface area contributed by atoms with Gasteiger partial charge in [-0.1, -0.05) is 12.1 Å². The van der Waals surface area contributed by atoms with Crippen LogP contribution in [0.3, 0.4) is 0 Å². The highest BCUT2D eigenvalue weighted by atomic mass is 19.4. The van der Waals surface area contributed by atoms with Crippen molar-refractivity contribution in [3.63, 3.8) is 0 Å². The van der Waals surface area contributed by atoms with Crippen molar-refractivity contribution in [1.82, 2.24) is 15.5 Å². The number of nitrogens with zero attached hydrogens (tertiary/aromatic N) is 1. The summed E-state index contributed by atoms with van der Waals surface area (Å²) in [5.41, 5.74) is 0.743. The van der Waals surface area contributed by atoms with E-state index in [9.17, 15) is 22.8 Å². The third kappa shape index (κ3) is 5.75. The SMILES string of the molecule is COc1cccc(CN2CCNC(=O)[C@@H]2CC(=O)NCC(F)(F)F)c1OC. The average molecular weight is 389 g/mol. The zero-order chi connectivity index (χ0) is 20.0. The molecule has 0 saturated carbocycles. The van der Waals surface area contributed by atoms with E-state index in [2.05, 4.69) is 5.32 Å². The van der Waals surface area contributed by atoms with Crippen LogP contribution in [-0.2, 0) is 16.1 Å². The standard InChI is InChI=1S/C17H22F3N3O4/c1-26-13-5-3-4-11(15(13)27-2)9-23-7-6-21-16(25)12(23)8-14(24)22-10-17(18,19)20/h3-5,12H,6-10H2,1-2H3,(H,21,25)(H,22,24)/t12-/m0/s1. The second kappa shape index (κ2) is 8.94. The van der Waals surface area contributed by atoms with E-state index in [1.165, 1.54) is 14.2 Å². The molecule has 10 heteroatoms. The van der Waals surface area contributed by atoms with Gasteiger partial charge in [-0.2, -0.15) is 13.2 Å². The number of rotatable bonds is 7. The second-order valence-electron chi connectivity index (χ2n) is 6.03. The van der Waals surface area contributed by atoms with Crippen LogP contribution >= 0.6 is 0 Å². The van der Waals surface area contributed by atoms with Crippen molar-refractivity contribution in [3.05, 3.63) is 23.8 Å². The molecule has 1 saturated heterocycles. The van der Waals surface area contributed by atoms with Gasteiger partial charge in [-0.15, -0.1) is 0 Å². The van der Waals surface area contributed by atoms with Gasteiger partial charge in [0.2, 0.25) is 11.8 Å². The van der Waals surface area contributed by atoms with Crippen LogP contribution in [0.5, 0.6) is 11.5 Å². The minimum absolute atomic E-state index is 0.283. The van der Waals surface area contributed by atoms with Gasteiger partial charge >= 0.3 is 6.18 Å². The number of hydrogen-bond donors (Lipinski definition) is 2. The highest BCUT2D eigenvalue weighted by molar-refractivity contribution is 5.88. The quantitative estimate of drug-likeness (QED) is 0.730. The van der Waals surface area contributed by atoms with Crippen LogP contribution in [0, 0.1) is 0 Å². The van der Waals surface area contributed by atoms with Gasteiger partial charge in [-0.05, 0) is 6.07 Å². The van der Waals surface area contributed by atoms with Gasteiger partial charge in [-0.3, -0.25) is 14.5 Å². The lowest BCUT2D eigenvalue weighted by Crippen LogP contribution is -2.56. The number of carbonyl (C=O) groups excluding carboxylic acids is 2. The molecule has 0 bridgehead atoms. The third-order valence-corrected chi connectivity index (χ3v) is 4.16. The van der Waals surface area contributed by atoms with Crippen LogP contribution in [0.15, 0.2) is 18.2 Å². The Balaban J connectivity index is 2.12. The van der Waals surface area contributed by atoms with Gasteiger partial charge in [-0.25, -0.2) is 0 Å². The van der Waals surface area contributed by atoms with Gasteiger partial charge in [0.05, 0.1) is 26.7 Å². The van der Waals surface area contributed by atoms with E-state index in [-0.39, 0.29) is 13.0 Å². The smallest absolute Gasteiger partial charge is 0.405 e. The van der Waals surface area contributed by atoms with Gasteiger partial charge in [0, 0.05) is 25.2 Å². The maximum atomic E-state index is 12.3. The molecule has 7 nitrogen and oxygen atoms in total. The minimum Gasteiger partial charge on any atom is -0.493 e. The molecule has 2 N–H and O–H groups in total. The van der Waals surface area contributed by atoms with Gasteiger partial charge in [0.1, 0.15) is 6.54 Å². The molecule has 0 unspecified atom stereocenters. The maximum Gasteiger partial charge on any atom is 0.405 e. The predicted molar refractivity (Wildman–Crippen MR) is 90.4 cm³/mol. The largest absolute Gasteiger partial charge is 0.493 e. The van der Waals surface area contributed by atoms with Crippen molar-refractivity contribution in [3.8, 4) is 11.5 Å². The summed E-state index contributed by atoms with van der Waals surface area (Å²) in [4.78, 5) is 25.8. The Morgan fingerprint density at radius 1 is 1.33 bits per heavy atom. The van der Waals surface area contributed by atoms with Crippen molar-refractivity contribution >= 4 is 11.8 Å². The molecule has 2 rings (SSSR count). The van der Waals surface area contributed by atoms with Crippen molar-refractivity contribution in [1.29, 1.82) is 0 Å². The van der Waals surface area contributed by atoms with Gasteiger partial charge in [0.25, 0.3) is 0 Å². The van der Waals surface area contributed by atoms with Gasteiger partial charge in [0.15, 0.2) is 11.5 Å². The Hall–Kier alpha value is -2.49. The molecule has 1 heterocycles. The molecule has 1 aromatic rings. The van der Waals surface area contributed by atoms with E-state index in [4.69, 9.17) is 9.47 Å². The summed E-state index contributed by atoms with van der Waals surface area (Å²) >= 11 is 0. The molecule has 1 aliphatic rings. The van der Waals surface area contributed by atoms with E-state index in [0.29, 0.717) is 24.6 Å². The molecule has 2 amide bonds. The van der Waals surface area contributed by atoms with Crippen molar-refractivity contribution in [2.45, 2.75) is 25.2 Å². The summed E-state index contributed by atoms with van der Waals surface area (Å²) in [7, 11) is 3.00. The number of piperazine rings is 1. The molecular weight excluding hydrogens is 367 g/mol. The van der Waals surface area contributed by atoms with Crippen LogP contribution in [0.4, 0.5) is 13.2 Å². The summed E-state index contributed by atoms with van der Waals surface area (Å²) in [5, 5.41) is 4.44. The molecule has 1 fully saturated rings. The van der Waals surface area contributed by atoms with Crippen molar-refractivity contribution < 1.29 is 32.2 Å². The molecular formula is C17H22F3N3O4. The highest BCUT2D eigenvalue weighted by Crippen LogP contribution is 2.32. The van der Waals surface area contributed by atoms with E-state index in [1.807, 2.05) is 0 Å². The van der Waals surface area contributed by atoms with E-state index >= 15 is 0 Å². The van der Waals surface area contributed by atoms with Crippen LogP contribution in [0.2, 0.25) is 0 Å². The number of amides is 2. The second-order valence-corrected chi connectivity index (χ2v) is 6.03. The fourth-order valence-electron chi connectivity index (χ4n) is 2.92. The Bertz CT molecular complexity index is 682. The molecule has 0 aliphatic carbocycles. The van der Waals surface area contributed by atoms with Crippen molar-refractivity contribution in [2.24, 2.45) is 0 Å². The zero-order valence-electron chi connectivity index (χ0n) is 15.1. The minimum atomic E-state index is -4.50. The van der Waals surface area contributed by atoms with E-state index < -0.39 is 30.6 Å². The average Bonchev–Trinajstić information content (AvgIpc) is 2.62. The van der Waals surface area contributed by atoms with E-state index in [1.54, 1.807) is 28.4 Å². The molecule has 1 aromatic carbocycles. The fraction of sp³-hybridized carbons (Fsp3) is 0.529. The summed E-state index contributed by atoms with van der Waals surface area (Å²) < 4.78 is 47.4. The normalized spacial score (nSPS) is 18.0. The summed E-state index contributed by atoms with van der Waals surface area (Å²) in [6.45, 7) is -0.315. The molecule has 1 atom stereocenters. The lowest BCUT2D eigenvalue weighted by atomic mass is 10.1. The molecule has 150 valence electrons. The number of ether oxygens (including phenoxy) is 2. The predicted octanol–water partition coefficient (Wildman–Crippen LogP) is 1.07. The Labute approximate surface area is 154 Å². The van der Waals surface area contributed by atoms with E-state index in [0.717, 1.165) is 5.56 Å². The first kappa shape index (κ1) is 20.8. The lowest BCUT2D eigenvalue weighted by molar-refractivity contribution is -0.141. The number of carbonyl (C=O) groups is 2. The summed E-state index contributed by atoms with van der Waals surface area (Å²) in [5.74, 6) is -0.204. The number of para-hydroxylation sites is 1. The first-order chi connectivity index (χ1) is 12.7. The first-order valence-electron chi connectivity index (χ1n) is 8.30. The number of nitrogens with one attached hydrogen (secondary N) is 2. The third-order valence-electron chi connectivity index (χ3n) is 4.16. The Morgan fingerprint density at radius 2 is 2.07 bits per heavy atom. The maximum absolute atomic E-state index is 12.3.